The van der Waals surface area contributed by atoms with Crippen molar-refractivity contribution in [1.29, 1.82) is 0 Å². The Bertz CT molecular complexity index is 522. The first-order valence-electron chi connectivity index (χ1n) is 6.90. The van der Waals surface area contributed by atoms with Gasteiger partial charge in [0.05, 0.1) is 31.5 Å². The summed E-state index contributed by atoms with van der Waals surface area (Å²) in [4.78, 5) is 11.4. The molecule has 0 radical (unpaired) electrons. The molecule has 0 spiro atoms. The van der Waals surface area contributed by atoms with Crippen LogP contribution in [0.1, 0.15) is 26.3 Å². The van der Waals surface area contributed by atoms with Crippen LogP contribution in [0.5, 0.6) is 0 Å². The minimum absolute atomic E-state index is 0.117. The molecule has 0 aliphatic carbocycles. The van der Waals surface area contributed by atoms with Crippen LogP contribution >= 0.6 is 7.60 Å². The van der Waals surface area contributed by atoms with Crippen molar-refractivity contribution in [3.8, 4) is 0 Å². The van der Waals surface area contributed by atoms with Crippen molar-refractivity contribution in [2.24, 2.45) is 0 Å². The maximum absolute atomic E-state index is 12.7. The molecule has 1 aromatic carbocycles. The van der Waals surface area contributed by atoms with Gasteiger partial charge in [0, 0.05) is 5.69 Å². The maximum Gasteiger partial charge on any atom is 0.363 e. The van der Waals surface area contributed by atoms with Crippen LogP contribution in [0.25, 0.3) is 0 Å². The molecular formula is C14H22NO5P. The molecule has 7 heteroatoms. The molecule has 6 nitrogen and oxygen atoms in total. The molecule has 0 saturated carbocycles. The number of hydrogen-bond donors (Lipinski definition) is 1. The third kappa shape index (κ3) is 4.84. The number of carbonyl (C=O) groups excluding carboxylic acids is 1. The summed E-state index contributed by atoms with van der Waals surface area (Å²) in [5, 5.41) is 0.318. The lowest BCUT2D eigenvalue weighted by Crippen LogP contribution is -2.16. The van der Waals surface area contributed by atoms with Gasteiger partial charge in [0.15, 0.2) is 0 Å². The molecule has 0 fully saturated rings. The van der Waals surface area contributed by atoms with E-state index >= 15 is 0 Å². The van der Waals surface area contributed by atoms with E-state index in [1.54, 1.807) is 39.0 Å². The fourth-order valence-corrected chi connectivity index (χ4v) is 3.53. The van der Waals surface area contributed by atoms with Crippen LogP contribution in [0.2, 0.25) is 0 Å². The first-order chi connectivity index (χ1) is 9.96. The largest absolute Gasteiger partial charge is 0.466 e. The van der Waals surface area contributed by atoms with Gasteiger partial charge in [-0.25, -0.2) is 0 Å². The van der Waals surface area contributed by atoms with Gasteiger partial charge in [0.1, 0.15) is 0 Å². The predicted octanol–water partition coefficient (Wildman–Crippen LogP) is 2.27. The van der Waals surface area contributed by atoms with Gasteiger partial charge in [-0.2, -0.15) is 0 Å². The summed E-state index contributed by atoms with van der Waals surface area (Å²) < 4.78 is 28.0. The third-order valence-electron chi connectivity index (χ3n) is 2.64. The minimum Gasteiger partial charge on any atom is -0.466 e. The van der Waals surface area contributed by atoms with Crippen molar-refractivity contribution >= 4 is 24.6 Å². The Morgan fingerprint density at radius 1 is 1.14 bits per heavy atom. The van der Waals surface area contributed by atoms with Crippen LogP contribution in [0.4, 0.5) is 5.69 Å². The number of nitrogen functional groups attached to an aromatic ring is 1. The van der Waals surface area contributed by atoms with E-state index in [0.29, 0.717) is 17.5 Å². The fourth-order valence-electron chi connectivity index (χ4n) is 1.86. The zero-order valence-corrected chi connectivity index (χ0v) is 13.5. The smallest absolute Gasteiger partial charge is 0.363 e. The summed E-state index contributed by atoms with van der Waals surface area (Å²) in [5.41, 5.74) is 6.90. The SMILES string of the molecule is CCOC(=O)Cc1ccc(P(=O)(OCC)OCC)c(N)c1. The van der Waals surface area contributed by atoms with Gasteiger partial charge in [0.2, 0.25) is 0 Å². The highest BCUT2D eigenvalue weighted by molar-refractivity contribution is 7.62. The highest BCUT2D eigenvalue weighted by Gasteiger charge is 2.29. The molecule has 0 atom stereocenters. The number of benzene rings is 1. The predicted molar refractivity (Wildman–Crippen MR) is 81.7 cm³/mol. The first kappa shape index (κ1) is 17.7. The molecule has 118 valence electrons. The Balaban J connectivity index is 3.00. The van der Waals surface area contributed by atoms with E-state index in [-0.39, 0.29) is 31.3 Å². The highest BCUT2D eigenvalue weighted by atomic mass is 31.2. The second-order valence-electron chi connectivity index (χ2n) is 4.21. The molecule has 2 N–H and O–H groups in total. The van der Waals surface area contributed by atoms with Crippen LogP contribution in [0.3, 0.4) is 0 Å². The van der Waals surface area contributed by atoms with Crippen molar-refractivity contribution in [2.75, 3.05) is 25.6 Å². The lowest BCUT2D eigenvalue weighted by Gasteiger charge is -2.19. The quantitative estimate of drug-likeness (QED) is 0.450. The van der Waals surface area contributed by atoms with E-state index in [1.165, 1.54) is 0 Å². The molecule has 0 saturated heterocycles. The summed E-state index contributed by atoms with van der Waals surface area (Å²) in [6.07, 6.45) is 0.117. The van der Waals surface area contributed by atoms with E-state index in [0.717, 1.165) is 0 Å². The van der Waals surface area contributed by atoms with Gasteiger partial charge in [-0.15, -0.1) is 0 Å². The number of rotatable bonds is 8. The van der Waals surface area contributed by atoms with Crippen LogP contribution in [0.15, 0.2) is 18.2 Å². The van der Waals surface area contributed by atoms with Gasteiger partial charge >= 0.3 is 13.6 Å². The van der Waals surface area contributed by atoms with Gasteiger partial charge < -0.3 is 19.5 Å². The standard InChI is InChI=1S/C14H22NO5P/c1-4-18-14(16)10-11-7-8-13(12(15)9-11)21(17,19-5-2)20-6-3/h7-9H,4-6,10,15H2,1-3H3. The van der Waals surface area contributed by atoms with Crippen molar-refractivity contribution in [1.82, 2.24) is 0 Å². The van der Waals surface area contributed by atoms with E-state index in [2.05, 4.69) is 0 Å². The number of carbonyl (C=O) groups is 1. The molecular weight excluding hydrogens is 293 g/mol. The summed E-state index contributed by atoms with van der Waals surface area (Å²) >= 11 is 0. The van der Waals surface area contributed by atoms with E-state index in [1.807, 2.05) is 0 Å². The van der Waals surface area contributed by atoms with E-state index in [9.17, 15) is 9.36 Å². The lowest BCUT2D eigenvalue weighted by molar-refractivity contribution is -0.142. The van der Waals surface area contributed by atoms with Crippen LogP contribution < -0.4 is 11.0 Å². The molecule has 1 rings (SSSR count). The first-order valence-corrected chi connectivity index (χ1v) is 8.44. The molecule has 0 aliphatic heterocycles. The minimum atomic E-state index is -3.42. The molecule has 0 aromatic heterocycles. The summed E-state index contributed by atoms with van der Waals surface area (Å²) in [6, 6.07) is 4.85. The molecule has 0 unspecified atom stereocenters. The van der Waals surface area contributed by atoms with Gasteiger partial charge in [-0.1, -0.05) is 6.07 Å². The Hall–Kier alpha value is -1.36. The number of ether oxygens (including phenoxy) is 1. The Morgan fingerprint density at radius 2 is 1.76 bits per heavy atom. The highest BCUT2D eigenvalue weighted by Crippen LogP contribution is 2.48. The maximum atomic E-state index is 12.7. The van der Waals surface area contributed by atoms with Crippen molar-refractivity contribution < 1.29 is 23.1 Å². The van der Waals surface area contributed by atoms with Crippen LogP contribution in [0, 0.1) is 0 Å². The normalized spacial score (nSPS) is 11.4. The second kappa shape index (κ2) is 8.17. The Kier molecular flexibility index (Phi) is 6.89. The molecule has 21 heavy (non-hydrogen) atoms. The molecule has 1 aromatic rings. The van der Waals surface area contributed by atoms with E-state index < -0.39 is 7.60 Å². The Labute approximate surface area is 125 Å². The van der Waals surface area contributed by atoms with Gasteiger partial charge in [-0.3, -0.25) is 9.36 Å². The van der Waals surface area contributed by atoms with Crippen molar-refractivity contribution in [3.63, 3.8) is 0 Å². The monoisotopic (exact) mass is 315 g/mol. The van der Waals surface area contributed by atoms with Gasteiger partial charge in [-0.05, 0) is 38.5 Å². The number of anilines is 1. The summed E-state index contributed by atoms with van der Waals surface area (Å²) in [6.45, 7) is 6.04. The number of nitrogens with two attached hydrogens (primary N) is 1. The van der Waals surface area contributed by atoms with E-state index in [4.69, 9.17) is 19.5 Å². The third-order valence-corrected chi connectivity index (χ3v) is 4.83. The van der Waals surface area contributed by atoms with Crippen molar-refractivity contribution in [2.45, 2.75) is 27.2 Å². The molecule has 0 bridgehead atoms. The number of esters is 1. The average molecular weight is 315 g/mol. The topological polar surface area (TPSA) is 87.9 Å². The molecule has 0 aliphatic rings. The lowest BCUT2D eigenvalue weighted by atomic mass is 10.1. The van der Waals surface area contributed by atoms with Crippen molar-refractivity contribution in [3.05, 3.63) is 23.8 Å². The molecule has 0 heterocycles. The summed E-state index contributed by atoms with van der Waals surface area (Å²) in [5.74, 6) is -0.331. The summed E-state index contributed by atoms with van der Waals surface area (Å²) in [7, 11) is -3.42. The van der Waals surface area contributed by atoms with Gasteiger partial charge in [0.25, 0.3) is 0 Å². The van der Waals surface area contributed by atoms with Crippen LogP contribution in [-0.4, -0.2) is 25.8 Å². The molecule has 0 amide bonds. The Morgan fingerprint density at radius 3 is 2.24 bits per heavy atom. The number of hydrogen-bond acceptors (Lipinski definition) is 6. The zero-order valence-electron chi connectivity index (χ0n) is 12.6. The average Bonchev–Trinajstić information content (AvgIpc) is 2.39. The second-order valence-corrected chi connectivity index (χ2v) is 6.20. The fraction of sp³-hybridized carbons (Fsp3) is 0.500. The van der Waals surface area contributed by atoms with Crippen LogP contribution in [-0.2, 0) is 29.6 Å². The zero-order chi connectivity index (χ0) is 15.9.